The first-order chi connectivity index (χ1) is 13.0. The van der Waals surface area contributed by atoms with E-state index in [9.17, 15) is 13.2 Å². The van der Waals surface area contributed by atoms with Crippen molar-refractivity contribution in [1.29, 1.82) is 0 Å². The number of nitrogens with zero attached hydrogens (tertiary/aromatic N) is 1. The van der Waals surface area contributed by atoms with E-state index < -0.39 is 10.0 Å². The maximum atomic E-state index is 12.6. The van der Waals surface area contributed by atoms with Crippen LogP contribution in [0.25, 0.3) is 0 Å². The molecule has 1 aromatic carbocycles. The lowest BCUT2D eigenvalue weighted by Crippen LogP contribution is -2.38. The minimum absolute atomic E-state index is 0.0166. The number of piperidine rings is 1. The summed E-state index contributed by atoms with van der Waals surface area (Å²) in [6, 6.07) is 6.24. The van der Waals surface area contributed by atoms with Gasteiger partial charge < -0.3 is 9.64 Å². The number of sulfonamides is 1. The van der Waals surface area contributed by atoms with Crippen molar-refractivity contribution in [2.24, 2.45) is 5.92 Å². The zero-order valence-corrected chi connectivity index (χ0v) is 16.8. The van der Waals surface area contributed by atoms with Crippen molar-refractivity contribution in [3.05, 3.63) is 29.8 Å². The van der Waals surface area contributed by atoms with Crippen LogP contribution in [0.4, 0.5) is 0 Å². The second-order valence-electron chi connectivity index (χ2n) is 7.51. The van der Waals surface area contributed by atoms with E-state index in [-0.39, 0.29) is 23.5 Å². The lowest BCUT2D eigenvalue weighted by atomic mass is 9.94. The van der Waals surface area contributed by atoms with Crippen LogP contribution in [-0.4, -0.2) is 51.6 Å². The molecule has 3 rings (SSSR count). The van der Waals surface area contributed by atoms with E-state index in [1.807, 2.05) is 4.90 Å². The van der Waals surface area contributed by atoms with Gasteiger partial charge in [-0.3, -0.25) is 4.79 Å². The molecule has 2 saturated heterocycles. The molecular formula is C20H30N2O4S. The van der Waals surface area contributed by atoms with Crippen LogP contribution in [0, 0.1) is 5.92 Å². The summed E-state index contributed by atoms with van der Waals surface area (Å²) in [5.74, 6) is 0.692. The molecule has 0 radical (unpaired) electrons. The smallest absolute Gasteiger partial charge is 0.253 e. The molecular weight excluding hydrogens is 364 g/mol. The molecule has 1 atom stereocenters. The molecule has 0 saturated carbocycles. The predicted molar refractivity (Wildman–Crippen MR) is 104 cm³/mol. The third-order valence-corrected chi connectivity index (χ3v) is 7.11. The molecule has 2 aliphatic rings. The zero-order valence-electron chi connectivity index (χ0n) is 16.0. The van der Waals surface area contributed by atoms with Crippen LogP contribution in [-0.2, 0) is 14.8 Å². The van der Waals surface area contributed by atoms with Crippen molar-refractivity contribution in [3.63, 3.8) is 0 Å². The average Bonchev–Trinajstić information content (AvgIpc) is 2.73. The number of rotatable bonds is 6. The van der Waals surface area contributed by atoms with Gasteiger partial charge in [0.1, 0.15) is 0 Å². The van der Waals surface area contributed by atoms with Crippen molar-refractivity contribution in [3.8, 4) is 0 Å². The van der Waals surface area contributed by atoms with Gasteiger partial charge >= 0.3 is 0 Å². The van der Waals surface area contributed by atoms with Crippen LogP contribution in [0.1, 0.15) is 55.8 Å². The standard InChI is InChI=1S/C20H30N2O4S/c1-2-16-10-12-22(13-11-16)20(23)17-6-8-19(9-7-17)27(24,25)21-15-18-5-3-4-14-26-18/h6-9,16,18,21H,2-5,10-15H2,1H3/t18-/m1/s1. The Morgan fingerprint density at radius 3 is 2.44 bits per heavy atom. The maximum Gasteiger partial charge on any atom is 0.253 e. The molecule has 0 spiro atoms. The lowest BCUT2D eigenvalue weighted by molar-refractivity contribution is 0.0200. The monoisotopic (exact) mass is 394 g/mol. The minimum atomic E-state index is -3.59. The highest BCUT2D eigenvalue weighted by atomic mass is 32.2. The second-order valence-corrected chi connectivity index (χ2v) is 9.28. The molecule has 1 amide bonds. The van der Waals surface area contributed by atoms with Gasteiger partial charge in [0.15, 0.2) is 0 Å². The normalized spacial score (nSPS) is 22.0. The van der Waals surface area contributed by atoms with E-state index in [1.165, 1.54) is 12.1 Å². The molecule has 0 aromatic heterocycles. The average molecular weight is 395 g/mol. The van der Waals surface area contributed by atoms with Gasteiger partial charge in [-0.25, -0.2) is 13.1 Å². The number of ether oxygens (including phenoxy) is 1. The number of carbonyl (C=O) groups excluding carboxylic acids is 1. The Morgan fingerprint density at radius 2 is 1.85 bits per heavy atom. The third kappa shape index (κ3) is 5.30. The van der Waals surface area contributed by atoms with Gasteiger partial charge in [0, 0.05) is 31.8 Å². The van der Waals surface area contributed by atoms with Gasteiger partial charge in [0.2, 0.25) is 10.0 Å². The molecule has 0 bridgehead atoms. The van der Waals surface area contributed by atoms with Gasteiger partial charge in [0.25, 0.3) is 5.91 Å². The van der Waals surface area contributed by atoms with Crippen LogP contribution < -0.4 is 4.72 Å². The fourth-order valence-electron chi connectivity index (χ4n) is 3.76. The molecule has 1 N–H and O–H groups in total. The molecule has 2 fully saturated rings. The molecule has 1 aromatic rings. The largest absolute Gasteiger partial charge is 0.377 e. The van der Waals surface area contributed by atoms with Gasteiger partial charge in [0.05, 0.1) is 11.0 Å². The summed E-state index contributed by atoms with van der Waals surface area (Å²) in [6.45, 7) is 4.73. The number of nitrogens with one attached hydrogen (secondary N) is 1. The highest BCUT2D eigenvalue weighted by molar-refractivity contribution is 7.89. The van der Waals surface area contributed by atoms with E-state index in [4.69, 9.17) is 4.74 Å². The number of amides is 1. The SMILES string of the molecule is CCC1CCN(C(=O)c2ccc(S(=O)(=O)NC[C@H]3CCCCO3)cc2)CC1. The van der Waals surface area contributed by atoms with Crippen LogP contribution in [0.15, 0.2) is 29.2 Å². The lowest BCUT2D eigenvalue weighted by Gasteiger charge is -2.31. The van der Waals surface area contributed by atoms with Gasteiger partial charge in [-0.1, -0.05) is 13.3 Å². The fourth-order valence-corrected chi connectivity index (χ4v) is 4.82. The first-order valence-corrected chi connectivity index (χ1v) is 11.5. The molecule has 0 unspecified atom stereocenters. The first-order valence-electron chi connectivity index (χ1n) is 10.00. The Hall–Kier alpha value is -1.44. The Labute approximate surface area is 162 Å². The molecule has 2 aliphatic heterocycles. The fraction of sp³-hybridized carbons (Fsp3) is 0.650. The van der Waals surface area contributed by atoms with Gasteiger partial charge in [-0.15, -0.1) is 0 Å². The summed E-state index contributed by atoms with van der Waals surface area (Å²) in [4.78, 5) is 14.7. The summed E-state index contributed by atoms with van der Waals surface area (Å²) < 4.78 is 33.1. The molecule has 2 heterocycles. The topological polar surface area (TPSA) is 75.7 Å². The molecule has 27 heavy (non-hydrogen) atoms. The second kappa shape index (κ2) is 9.17. The maximum absolute atomic E-state index is 12.6. The van der Waals surface area contributed by atoms with Crippen LogP contribution >= 0.6 is 0 Å². The summed E-state index contributed by atoms with van der Waals surface area (Å²) in [5, 5.41) is 0. The minimum Gasteiger partial charge on any atom is -0.377 e. The van der Waals surface area contributed by atoms with Crippen molar-refractivity contribution in [2.75, 3.05) is 26.2 Å². The summed E-state index contributed by atoms with van der Waals surface area (Å²) in [6.07, 6.45) is 6.18. The van der Waals surface area contributed by atoms with Crippen molar-refractivity contribution in [1.82, 2.24) is 9.62 Å². The third-order valence-electron chi connectivity index (χ3n) is 5.67. The molecule has 6 nitrogen and oxygen atoms in total. The summed E-state index contributed by atoms with van der Waals surface area (Å²) in [5.41, 5.74) is 0.541. The van der Waals surface area contributed by atoms with Crippen LogP contribution in [0.2, 0.25) is 0 Å². The highest BCUT2D eigenvalue weighted by Gasteiger charge is 2.24. The van der Waals surface area contributed by atoms with Gasteiger partial charge in [-0.05, 0) is 62.3 Å². The van der Waals surface area contributed by atoms with E-state index in [0.29, 0.717) is 18.1 Å². The number of hydrogen-bond donors (Lipinski definition) is 1. The number of benzene rings is 1. The van der Waals surface area contributed by atoms with Crippen molar-refractivity contribution in [2.45, 2.75) is 56.4 Å². The quantitative estimate of drug-likeness (QED) is 0.805. The van der Waals surface area contributed by atoms with E-state index in [2.05, 4.69) is 11.6 Å². The van der Waals surface area contributed by atoms with Crippen molar-refractivity contribution < 1.29 is 17.9 Å². The van der Waals surface area contributed by atoms with E-state index in [0.717, 1.165) is 51.6 Å². The predicted octanol–water partition coefficient (Wildman–Crippen LogP) is 2.80. The van der Waals surface area contributed by atoms with E-state index in [1.54, 1.807) is 12.1 Å². The number of likely N-dealkylation sites (tertiary alicyclic amines) is 1. The van der Waals surface area contributed by atoms with E-state index >= 15 is 0 Å². The first kappa shape index (κ1) is 20.3. The van der Waals surface area contributed by atoms with Crippen LogP contribution in [0.5, 0.6) is 0 Å². The summed E-state index contributed by atoms with van der Waals surface area (Å²) in [7, 11) is -3.59. The van der Waals surface area contributed by atoms with Crippen molar-refractivity contribution >= 4 is 15.9 Å². The zero-order chi connectivity index (χ0) is 19.3. The Bertz CT molecular complexity index is 719. The Morgan fingerprint density at radius 1 is 1.15 bits per heavy atom. The number of carbonyl (C=O) groups is 1. The Kier molecular flexibility index (Phi) is 6.89. The highest BCUT2D eigenvalue weighted by Crippen LogP contribution is 2.22. The summed E-state index contributed by atoms with van der Waals surface area (Å²) >= 11 is 0. The molecule has 0 aliphatic carbocycles. The number of hydrogen-bond acceptors (Lipinski definition) is 4. The molecule has 7 heteroatoms. The molecule has 150 valence electrons. The van der Waals surface area contributed by atoms with Crippen LogP contribution in [0.3, 0.4) is 0 Å². The Balaban J connectivity index is 1.58. The van der Waals surface area contributed by atoms with Gasteiger partial charge in [-0.2, -0.15) is 0 Å².